The van der Waals surface area contributed by atoms with E-state index in [9.17, 15) is 9.59 Å². The second-order valence-electron chi connectivity index (χ2n) is 3.32. The van der Waals surface area contributed by atoms with Crippen LogP contribution >= 0.6 is 0 Å². The predicted molar refractivity (Wildman–Crippen MR) is 51.6 cm³/mol. The fraction of sp³-hybridized carbons (Fsp3) is 0.600. The van der Waals surface area contributed by atoms with Crippen molar-refractivity contribution < 1.29 is 14.3 Å². The van der Waals surface area contributed by atoms with E-state index in [2.05, 4.69) is 4.74 Å². The van der Waals surface area contributed by atoms with Crippen molar-refractivity contribution in [3.63, 3.8) is 0 Å². The first kappa shape index (κ1) is 10.8. The molecule has 0 unspecified atom stereocenters. The van der Waals surface area contributed by atoms with Crippen LogP contribution in [0.2, 0.25) is 0 Å². The van der Waals surface area contributed by atoms with Gasteiger partial charge in [0, 0.05) is 25.1 Å². The molecule has 0 aromatic carbocycles. The lowest BCUT2D eigenvalue weighted by Crippen LogP contribution is -2.25. The normalized spacial score (nSPS) is 17.4. The Labute approximate surface area is 83.5 Å². The van der Waals surface area contributed by atoms with E-state index in [0.29, 0.717) is 18.5 Å². The minimum atomic E-state index is -0.336. The van der Waals surface area contributed by atoms with E-state index in [4.69, 9.17) is 0 Å². The average Bonchev–Trinajstić information content (AvgIpc) is 2.59. The summed E-state index contributed by atoms with van der Waals surface area (Å²) in [6.07, 6.45) is 3.28. The zero-order valence-corrected chi connectivity index (χ0v) is 8.58. The molecular weight excluding hydrogens is 182 g/mol. The van der Waals surface area contributed by atoms with Crippen molar-refractivity contribution in [2.75, 3.05) is 20.2 Å². The Balaban J connectivity index is 2.45. The minimum absolute atomic E-state index is 0.166. The highest BCUT2D eigenvalue weighted by molar-refractivity contribution is 5.87. The van der Waals surface area contributed by atoms with E-state index in [1.54, 1.807) is 17.9 Å². The Kier molecular flexibility index (Phi) is 3.68. The molecule has 14 heavy (non-hydrogen) atoms. The van der Waals surface area contributed by atoms with Gasteiger partial charge in [-0.3, -0.25) is 4.79 Å². The summed E-state index contributed by atoms with van der Waals surface area (Å²) in [6.45, 7) is 3.00. The summed E-state index contributed by atoms with van der Waals surface area (Å²) in [5, 5.41) is 0. The number of esters is 1. The van der Waals surface area contributed by atoms with Crippen LogP contribution in [0.15, 0.2) is 11.6 Å². The van der Waals surface area contributed by atoms with Crippen LogP contribution in [0.1, 0.15) is 19.8 Å². The van der Waals surface area contributed by atoms with Crippen molar-refractivity contribution in [1.29, 1.82) is 0 Å². The van der Waals surface area contributed by atoms with Crippen molar-refractivity contribution in [2.24, 2.45) is 0 Å². The molecule has 1 fully saturated rings. The Morgan fingerprint density at radius 3 is 2.86 bits per heavy atom. The highest BCUT2D eigenvalue weighted by Crippen LogP contribution is 2.09. The molecule has 1 aliphatic rings. The highest BCUT2D eigenvalue weighted by Gasteiger charge is 2.18. The van der Waals surface area contributed by atoms with Crippen LogP contribution in [0.25, 0.3) is 0 Å². The number of hydrogen-bond acceptors (Lipinski definition) is 3. The fourth-order valence-corrected chi connectivity index (χ4v) is 1.39. The van der Waals surface area contributed by atoms with Crippen LogP contribution in [0, 0.1) is 0 Å². The number of hydrogen-bond donors (Lipinski definition) is 0. The number of rotatable bonds is 3. The monoisotopic (exact) mass is 197 g/mol. The van der Waals surface area contributed by atoms with Gasteiger partial charge >= 0.3 is 5.97 Å². The third-order valence-electron chi connectivity index (χ3n) is 2.30. The molecule has 1 rings (SSSR count). The average molecular weight is 197 g/mol. The van der Waals surface area contributed by atoms with Crippen molar-refractivity contribution in [2.45, 2.75) is 19.8 Å². The van der Waals surface area contributed by atoms with Crippen molar-refractivity contribution in [3.05, 3.63) is 11.6 Å². The summed E-state index contributed by atoms with van der Waals surface area (Å²) in [5.41, 5.74) is 0.548. The van der Waals surface area contributed by atoms with Crippen LogP contribution in [0.4, 0.5) is 0 Å². The second kappa shape index (κ2) is 4.79. The quantitative estimate of drug-likeness (QED) is 0.495. The topological polar surface area (TPSA) is 46.6 Å². The smallest absolute Gasteiger partial charge is 0.333 e. The van der Waals surface area contributed by atoms with Gasteiger partial charge in [-0.2, -0.15) is 0 Å². The molecule has 4 nitrogen and oxygen atoms in total. The maximum absolute atomic E-state index is 11.2. The first-order chi connectivity index (χ1) is 6.65. The standard InChI is InChI=1S/C10H15NO3/c1-8(10(13)14-2)5-7-11-6-3-4-9(11)12/h5H,3-4,6-7H2,1-2H3. The van der Waals surface area contributed by atoms with Gasteiger partial charge in [-0.1, -0.05) is 6.08 Å². The van der Waals surface area contributed by atoms with Crippen LogP contribution in [0.5, 0.6) is 0 Å². The molecule has 78 valence electrons. The molecule has 0 aliphatic carbocycles. The summed E-state index contributed by atoms with van der Waals surface area (Å²) in [6, 6.07) is 0. The summed E-state index contributed by atoms with van der Waals surface area (Å²) >= 11 is 0. The highest BCUT2D eigenvalue weighted by atomic mass is 16.5. The van der Waals surface area contributed by atoms with Gasteiger partial charge in [0.05, 0.1) is 7.11 Å². The van der Waals surface area contributed by atoms with E-state index in [1.165, 1.54) is 7.11 Å². The lowest BCUT2D eigenvalue weighted by atomic mass is 10.3. The third-order valence-corrected chi connectivity index (χ3v) is 2.30. The molecule has 1 amide bonds. The van der Waals surface area contributed by atoms with Crippen LogP contribution in [-0.4, -0.2) is 37.0 Å². The van der Waals surface area contributed by atoms with E-state index in [-0.39, 0.29) is 11.9 Å². The van der Waals surface area contributed by atoms with Gasteiger partial charge in [0.2, 0.25) is 5.91 Å². The molecule has 0 saturated carbocycles. The van der Waals surface area contributed by atoms with Crippen LogP contribution in [-0.2, 0) is 14.3 Å². The Morgan fingerprint density at radius 2 is 2.36 bits per heavy atom. The number of methoxy groups -OCH3 is 1. The van der Waals surface area contributed by atoms with Gasteiger partial charge in [-0.05, 0) is 13.3 Å². The van der Waals surface area contributed by atoms with E-state index in [0.717, 1.165) is 13.0 Å². The Bertz CT molecular complexity index is 271. The van der Waals surface area contributed by atoms with Gasteiger partial charge in [0.1, 0.15) is 0 Å². The van der Waals surface area contributed by atoms with Crippen molar-refractivity contribution >= 4 is 11.9 Å². The zero-order chi connectivity index (χ0) is 10.6. The molecule has 0 aromatic heterocycles. The summed E-state index contributed by atoms with van der Waals surface area (Å²) in [5.74, 6) is -0.171. The first-order valence-electron chi connectivity index (χ1n) is 4.68. The predicted octanol–water partition coefficient (Wildman–Crippen LogP) is 0.728. The molecule has 0 N–H and O–H groups in total. The Morgan fingerprint density at radius 1 is 1.64 bits per heavy atom. The molecule has 0 atom stereocenters. The van der Waals surface area contributed by atoms with Gasteiger partial charge in [-0.25, -0.2) is 4.79 Å². The van der Waals surface area contributed by atoms with E-state index in [1.807, 2.05) is 0 Å². The first-order valence-corrected chi connectivity index (χ1v) is 4.68. The number of carbonyl (C=O) groups is 2. The van der Waals surface area contributed by atoms with Crippen LogP contribution < -0.4 is 0 Å². The summed E-state index contributed by atoms with van der Waals surface area (Å²) < 4.78 is 4.54. The molecule has 0 radical (unpaired) electrons. The van der Waals surface area contributed by atoms with Crippen molar-refractivity contribution in [1.82, 2.24) is 4.90 Å². The van der Waals surface area contributed by atoms with Gasteiger partial charge in [0.25, 0.3) is 0 Å². The van der Waals surface area contributed by atoms with E-state index < -0.39 is 0 Å². The lowest BCUT2D eigenvalue weighted by molar-refractivity contribution is -0.136. The number of ether oxygens (including phenoxy) is 1. The number of nitrogens with zero attached hydrogens (tertiary/aromatic N) is 1. The van der Waals surface area contributed by atoms with Gasteiger partial charge in [0.15, 0.2) is 0 Å². The Hall–Kier alpha value is -1.32. The van der Waals surface area contributed by atoms with Gasteiger partial charge in [-0.15, -0.1) is 0 Å². The summed E-state index contributed by atoms with van der Waals surface area (Å²) in [7, 11) is 1.35. The maximum Gasteiger partial charge on any atom is 0.333 e. The molecule has 0 spiro atoms. The molecule has 0 bridgehead atoms. The third kappa shape index (κ3) is 2.58. The van der Waals surface area contributed by atoms with E-state index >= 15 is 0 Å². The van der Waals surface area contributed by atoms with Crippen molar-refractivity contribution in [3.8, 4) is 0 Å². The minimum Gasteiger partial charge on any atom is -0.466 e. The van der Waals surface area contributed by atoms with Crippen LogP contribution in [0.3, 0.4) is 0 Å². The largest absolute Gasteiger partial charge is 0.466 e. The number of likely N-dealkylation sites (tertiary alicyclic amines) is 1. The molecule has 1 heterocycles. The number of amides is 1. The molecule has 1 aliphatic heterocycles. The zero-order valence-electron chi connectivity index (χ0n) is 8.58. The van der Waals surface area contributed by atoms with Gasteiger partial charge < -0.3 is 9.64 Å². The number of carbonyl (C=O) groups excluding carboxylic acids is 2. The maximum atomic E-state index is 11.2. The molecular formula is C10H15NO3. The SMILES string of the molecule is COC(=O)C(C)=CCN1CCCC1=O. The summed E-state index contributed by atoms with van der Waals surface area (Å²) in [4.78, 5) is 24.0. The second-order valence-corrected chi connectivity index (χ2v) is 3.32. The molecule has 1 saturated heterocycles. The lowest BCUT2D eigenvalue weighted by Gasteiger charge is -2.12. The molecule has 4 heteroatoms. The molecule has 0 aromatic rings. The fourth-order valence-electron chi connectivity index (χ4n) is 1.39.